The summed E-state index contributed by atoms with van der Waals surface area (Å²) in [5.41, 5.74) is 6.64. The number of nitrogens with zero attached hydrogens (tertiary/aromatic N) is 2. The third kappa shape index (κ3) is 6.89. The van der Waals surface area contributed by atoms with Crippen LogP contribution < -0.4 is 16.6 Å². The highest BCUT2D eigenvalue weighted by atomic mass is 35.5. The minimum atomic E-state index is -0.491. The summed E-state index contributed by atoms with van der Waals surface area (Å²) in [5, 5.41) is 2.97. The number of hydrogen-bond acceptors (Lipinski definition) is 5. The fourth-order valence-corrected chi connectivity index (χ4v) is 3.09. The Kier molecular flexibility index (Phi) is 10.4. The molecule has 0 spiro atoms. The van der Waals surface area contributed by atoms with E-state index in [9.17, 15) is 9.59 Å². The number of halogens is 2. The van der Waals surface area contributed by atoms with Crippen molar-refractivity contribution in [3.05, 3.63) is 46.1 Å². The molecule has 0 aliphatic heterocycles. The lowest BCUT2D eigenvalue weighted by molar-refractivity contribution is -0.122. The van der Waals surface area contributed by atoms with E-state index in [0.717, 1.165) is 12.0 Å². The summed E-state index contributed by atoms with van der Waals surface area (Å²) in [7, 11) is 0. The topological polar surface area (TPSA) is 114 Å². The third-order valence-electron chi connectivity index (χ3n) is 4.25. The van der Waals surface area contributed by atoms with E-state index in [1.165, 1.54) is 0 Å². The van der Waals surface area contributed by atoms with Gasteiger partial charge < -0.3 is 16.0 Å². The second-order valence-corrected chi connectivity index (χ2v) is 7.31. The average molecular weight is 430 g/mol. The quantitative estimate of drug-likeness (QED) is 0.624. The van der Waals surface area contributed by atoms with Crippen molar-refractivity contribution in [2.24, 2.45) is 11.7 Å². The number of carbonyl (C=O) groups excluding carboxylic acids is 1. The molecule has 0 aromatic carbocycles. The number of pyridine rings is 1. The van der Waals surface area contributed by atoms with Crippen molar-refractivity contribution in [3.63, 3.8) is 0 Å². The van der Waals surface area contributed by atoms with E-state index < -0.39 is 5.54 Å². The lowest BCUT2D eigenvalue weighted by Gasteiger charge is -2.31. The van der Waals surface area contributed by atoms with Crippen LogP contribution in [-0.4, -0.2) is 32.9 Å². The van der Waals surface area contributed by atoms with Gasteiger partial charge in [0.05, 0.1) is 6.42 Å². The molecule has 28 heavy (non-hydrogen) atoms. The molecule has 0 saturated heterocycles. The standard InChI is InChI=1S/C19H27N5O2.2ClH/c1-12(2)9-19(4,11-20)24-16(25)8-15-13(3)22-17(23-18(15)26)14-6-5-7-21-10-14;;/h5-7,10,12H,8-9,11,20H2,1-4H3,(H,24,25)(H,22,23,26);2*1H. The molecule has 0 bridgehead atoms. The first kappa shape index (κ1) is 26.0. The summed E-state index contributed by atoms with van der Waals surface area (Å²) in [6.45, 7) is 8.15. The maximum Gasteiger partial charge on any atom is 0.255 e. The van der Waals surface area contributed by atoms with E-state index in [-0.39, 0.29) is 42.7 Å². The Labute approximate surface area is 177 Å². The SMILES string of the molecule is Cc1nc(-c2cccnc2)[nH]c(=O)c1CC(=O)NC(C)(CN)CC(C)C.Cl.Cl. The van der Waals surface area contributed by atoms with Crippen LogP contribution >= 0.6 is 24.8 Å². The summed E-state index contributed by atoms with van der Waals surface area (Å²) < 4.78 is 0. The third-order valence-corrected chi connectivity index (χ3v) is 4.25. The molecule has 2 heterocycles. The number of aryl methyl sites for hydroxylation is 1. The van der Waals surface area contributed by atoms with Gasteiger partial charge in [-0.05, 0) is 38.3 Å². The molecule has 2 aromatic heterocycles. The number of aromatic nitrogens is 3. The zero-order valence-corrected chi connectivity index (χ0v) is 18.2. The van der Waals surface area contributed by atoms with E-state index >= 15 is 0 Å². The van der Waals surface area contributed by atoms with Gasteiger partial charge in [-0.1, -0.05) is 13.8 Å². The molecule has 2 aromatic rings. The Morgan fingerprint density at radius 1 is 1.36 bits per heavy atom. The van der Waals surface area contributed by atoms with Crippen molar-refractivity contribution < 1.29 is 4.79 Å². The second kappa shape index (κ2) is 11.1. The molecule has 1 unspecified atom stereocenters. The van der Waals surface area contributed by atoms with Crippen molar-refractivity contribution >= 4 is 30.7 Å². The lowest BCUT2D eigenvalue weighted by Crippen LogP contribution is -2.52. The highest BCUT2D eigenvalue weighted by Gasteiger charge is 2.26. The van der Waals surface area contributed by atoms with Crippen LogP contribution in [0.4, 0.5) is 0 Å². The smallest absolute Gasteiger partial charge is 0.255 e. The molecule has 2 rings (SSSR count). The number of nitrogens with two attached hydrogens (primary N) is 1. The van der Waals surface area contributed by atoms with E-state index in [1.807, 2.05) is 13.0 Å². The monoisotopic (exact) mass is 429 g/mol. The van der Waals surface area contributed by atoms with Crippen LogP contribution in [-0.2, 0) is 11.2 Å². The molecule has 0 fully saturated rings. The maximum absolute atomic E-state index is 12.5. The van der Waals surface area contributed by atoms with Gasteiger partial charge in [-0.3, -0.25) is 14.6 Å². The predicted molar refractivity (Wildman–Crippen MR) is 116 cm³/mol. The molecule has 156 valence electrons. The largest absolute Gasteiger partial charge is 0.349 e. The summed E-state index contributed by atoms with van der Waals surface area (Å²) in [6.07, 6.45) is 4.01. The van der Waals surface area contributed by atoms with Gasteiger partial charge in [0, 0.05) is 41.3 Å². The van der Waals surface area contributed by atoms with Crippen LogP contribution in [0.25, 0.3) is 11.4 Å². The number of amides is 1. The first-order valence-corrected chi connectivity index (χ1v) is 8.75. The average Bonchev–Trinajstić information content (AvgIpc) is 2.58. The lowest BCUT2D eigenvalue weighted by atomic mass is 9.90. The van der Waals surface area contributed by atoms with Crippen LogP contribution in [0, 0.1) is 12.8 Å². The molecule has 0 aliphatic carbocycles. The van der Waals surface area contributed by atoms with Gasteiger partial charge in [0.2, 0.25) is 5.91 Å². The van der Waals surface area contributed by atoms with Gasteiger partial charge in [0.25, 0.3) is 5.56 Å². The van der Waals surface area contributed by atoms with Gasteiger partial charge in [0.15, 0.2) is 0 Å². The Balaban J connectivity index is 0.00000364. The molecular weight excluding hydrogens is 401 g/mol. The minimum Gasteiger partial charge on any atom is -0.349 e. The van der Waals surface area contributed by atoms with Crippen molar-refractivity contribution in [3.8, 4) is 11.4 Å². The van der Waals surface area contributed by atoms with Crippen molar-refractivity contribution in [2.45, 2.75) is 46.1 Å². The van der Waals surface area contributed by atoms with E-state index in [2.05, 4.69) is 34.1 Å². The Morgan fingerprint density at radius 2 is 2.04 bits per heavy atom. The Hall–Kier alpha value is -1.96. The van der Waals surface area contributed by atoms with E-state index in [0.29, 0.717) is 29.5 Å². The van der Waals surface area contributed by atoms with Crippen molar-refractivity contribution in [1.29, 1.82) is 0 Å². The van der Waals surface area contributed by atoms with Gasteiger partial charge in [0.1, 0.15) is 5.82 Å². The molecule has 9 heteroatoms. The summed E-state index contributed by atoms with van der Waals surface area (Å²) >= 11 is 0. The van der Waals surface area contributed by atoms with Crippen LogP contribution in [0.1, 0.15) is 38.4 Å². The number of H-pyrrole nitrogens is 1. The zero-order chi connectivity index (χ0) is 19.3. The molecule has 1 amide bonds. The fourth-order valence-electron chi connectivity index (χ4n) is 3.09. The number of aromatic amines is 1. The molecule has 0 aliphatic rings. The second-order valence-electron chi connectivity index (χ2n) is 7.31. The predicted octanol–water partition coefficient (Wildman–Crippen LogP) is 2.41. The van der Waals surface area contributed by atoms with E-state index in [4.69, 9.17) is 5.73 Å². The van der Waals surface area contributed by atoms with Gasteiger partial charge in [-0.25, -0.2) is 4.98 Å². The molecule has 4 N–H and O–H groups in total. The van der Waals surface area contributed by atoms with Crippen molar-refractivity contribution in [2.75, 3.05) is 6.54 Å². The summed E-state index contributed by atoms with van der Waals surface area (Å²) in [6, 6.07) is 3.59. The van der Waals surface area contributed by atoms with Gasteiger partial charge in [-0.15, -0.1) is 24.8 Å². The molecule has 1 atom stereocenters. The van der Waals surface area contributed by atoms with Crippen LogP contribution in [0.2, 0.25) is 0 Å². The van der Waals surface area contributed by atoms with Gasteiger partial charge in [-0.2, -0.15) is 0 Å². The minimum absolute atomic E-state index is 0. The highest BCUT2D eigenvalue weighted by molar-refractivity contribution is 5.85. The highest BCUT2D eigenvalue weighted by Crippen LogP contribution is 2.16. The number of rotatable bonds is 7. The van der Waals surface area contributed by atoms with Crippen LogP contribution in [0.15, 0.2) is 29.3 Å². The van der Waals surface area contributed by atoms with Crippen molar-refractivity contribution in [1.82, 2.24) is 20.3 Å². The molecule has 0 radical (unpaired) electrons. The number of hydrogen-bond donors (Lipinski definition) is 3. The number of carbonyl (C=O) groups is 1. The summed E-state index contributed by atoms with van der Waals surface area (Å²) in [5.74, 6) is 0.605. The summed E-state index contributed by atoms with van der Waals surface area (Å²) in [4.78, 5) is 36.1. The van der Waals surface area contributed by atoms with Gasteiger partial charge >= 0.3 is 0 Å². The first-order valence-electron chi connectivity index (χ1n) is 8.75. The molecule has 0 saturated carbocycles. The molecule has 7 nitrogen and oxygen atoms in total. The maximum atomic E-state index is 12.5. The first-order chi connectivity index (χ1) is 12.2. The van der Waals surface area contributed by atoms with Crippen LogP contribution in [0.3, 0.4) is 0 Å². The Morgan fingerprint density at radius 3 is 2.54 bits per heavy atom. The zero-order valence-electron chi connectivity index (χ0n) is 16.6. The van der Waals surface area contributed by atoms with E-state index in [1.54, 1.807) is 25.4 Å². The number of nitrogens with one attached hydrogen (secondary N) is 2. The fraction of sp³-hybridized carbons (Fsp3) is 0.474. The molecular formula is C19H29Cl2N5O2. The Bertz CT molecular complexity index is 827. The van der Waals surface area contributed by atoms with Crippen LogP contribution in [0.5, 0.6) is 0 Å². The normalized spacial score (nSPS) is 12.5.